The number of fused-ring (bicyclic) bond motifs is 1. The fourth-order valence-corrected chi connectivity index (χ4v) is 2.30. The lowest BCUT2D eigenvalue weighted by atomic mass is 10.1. The molecule has 3 rings (SSSR count). The fraction of sp³-hybridized carbons (Fsp3) is 0.133. The summed E-state index contributed by atoms with van der Waals surface area (Å²) < 4.78 is 0. The molecule has 2 aromatic heterocycles. The summed E-state index contributed by atoms with van der Waals surface area (Å²) in [6.07, 6.45) is 3.66. The highest BCUT2D eigenvalue weighted by atomic mass is 14.7. The molecule has 0 amide bonds. The predicted molar refractivity (Wildman–Crippen MR) is 74.2 cm³/mol. The minimum Gasteiger partial charge on any atom is -0.354 e. The van der Waals surface area contributed by atoms with Crippen LogP contribution >= 0.6 is 0 Å². The van der Waals surface area contributed by atoms with E-state index >= 15 is 0 Å². The second kappa shape index (κ2) is 4.27. The van der Waals surface area contributed by atoms with Gasteiger partial charge in [0.15, 0.2) is 0 Å². The number of aromatic amines is 1. The van der Waals surface area contributed by atoms with Crippen molar-refractivity contribution in [3.63, 3.8) is 0 Å². The Labute approximate surface area is 106 Å². The van der Waals surface area contributed by atoms with Gasteiger partial charge in [0.1, 0.15) is 0 Å². The number of aromatic nitrogens is 2. The number of hydrogen-bond acceptors (Lipinski definition) is 2. The highest BCUT2D eigenvalue weighted by molar-refractivity contribution is 5.90. The summed E-state index contributed by atoms with van der Waals surface area (Å²) in [5.41, 5.74) is 11.5. The van der Waals surface area contributed by atoms with Crippen LogP contribution in [0.1, 0.15) is 11.1 Å². The lowest BCUT2D eigenvalue weighted by molar-refractivity contribution is 1.08. The summed E-state index contributed by atoms with van der Waals surface area (Å²) >= 11 is 0. The molecule has 90 valence electrons. The van der Waals surface area contributed by atoms with Gasteiger partial charge < -0.3 is 10.7 Å². The average molecular weight is 237 g/mol. The van der Waals surface area contributed by atoms with E-state index in [9.17, 15) is 0 Å². The van der Waals surface area contributed by atoms with E-state index in [1.54, 1.807) is 6.20 Å². The predicted octanol–water partition coefficient (Wildman–Crippen LogP) is 3.00. The van der Waals surface area contributed by atoms with Gasteiger partial charge >= 0.3 is 0 Å². The molecule has 3 heteroatoms. The summed E-state index contributed by atoms with van der Waals surface area (Å²) in [4.78, 5) is 7.62. The van der Waals surface area contributed by atoms with Crippen LogP contribution in [0.3, 0.4) is 0 Å². The molecule has 1 aromatic carbocycles. The van der Waals surface area contributed by atoms with Crippen LogP contribution in [0.5, 0.6) is 0 Å². The largest absolute Gasteiger partial charge is 0.354 e. The van der Waals surface area contributed by atoms with Gasteiger partial charge in [-0.25, -0.2) is 0 Å². The van der Waals surface area contributed by atoms with Crippen LogP contribution in [0.25, 0.3) is 22.2 Å². The van der Waals surface area contributed by atoms with Crippen LogP contribution in [0, 0.1) is 6.92 Å². The van der Waals surface area contributed by atoms with Crippen molar-refractivity contribution in [2.75, 3.05) is 0 Å². The maximum absolute atomic E-state index is 5.69. The molecule has 0 saturated carbocycles. The first kappa shape index (κ1) is 11.0. The van der Waals surface area contributed by atoms with Crippen LogP contribution in [0.2, 0.25) is 0 Å². The topological polar surface area (TPSA) is 54.7 Å². The molecule has 0 spiro atoms. The van der Waals surface area contributed by atoms with Crippen molar-refractivity contribution < 1.29 is 0 Å². The van der Waals surface area contributed by atoms with Crippen molar-refractivity contribution in [3.05, 3.63) is 53.9 Å². The maximum Gasteiger partial charge on any atom is 0.0510 e. The number of nitrogens with zero attached hydrogens (tertiary/aromatic N) is 1. The number of benzene rings is 1. The first-order valence-electron chi connectivity index (χ1n) is 6.01. The van der Waals surface area contributed by atoms with E-state index in [1.807, 2.05) is 12.3 Å². The Balaban J connectivity index is 2.23. The Morgan fingerprint density at radius 1 is 1.28 bits per heavy atom. The zero-order valence-electron chi connectivity index (χ0n) is 10.3. The molecule has 0 atom stereocenters. The van der Waals surface area contributed by atoms with Gasteiger partial charge in [0.2, 0.25) is 0 Å². The number of nitrogens with two attached hydrogens (primary N) is 1. The Hall–Kier alpha value is -2.13. The Morgan fingerprint density at radius 2 is 2.17 bits per heavy atom. The lowest BCUT2D eigenvalue weighted by Gasteiger charge is -1.99. The van der Waals surface area contributed by atoms with E-state index in [-0.39, 0.29) is 0 Å². The van der Waals surface area contributed by atoms with Crippen molar-refractivity contribution in [1.29, 1.82) is 0 Å². The first-order chi connectivity index (χ1) is 8.79. The second-order valence-electron chi connectivity index (χ2n) is 4.45. The number of pyridine rings is 1. The van der Waals surface area contributed by atoms with Gasteiger partial charge in [0.25, 0.3) is 0 Å². The molecule has 0 saturated heterocycles. The number of rotatable bonds is 2. The minimum atomic E-state index is 0.572. The van der Waals surface area contributed by atoms with Crippen LogP contribution in [-0.4, -0.2) is 9.97 Å². The summed E-state index contributed by atoms with van der Waals surface area (Å²) in [7, 11) is 0. The van der Waals surface area contributed by atoms with Gasteiger partial charge in [-0.1, -0.05) is 6.07 Å². The third-order valence-corrected chi connectivity index (χ3v) is 3.31. The van der Waals surface area contributed by atoms with Gasteiger partial charge in [-0.2, -0.15) is 0 Å². The molecule has 3 N–H and O–H groups in total. The molecule has 3 nitrogen and oxygen atoms in total. The van der Waals surface area contributed by atoms with E-state index < -0.39 is 0 Å². The zero-order chi connectivity index (χ0) is 12.5. The third kappa shape index (κ3) is 1.69. The third-order valence-electron chi connectivity index (χ3n) is 3.31. The highest BCUT2D eigenvalue weighted by Crippen LogP contribution is 2.29. The van der Waals surface area contributed by atoms with E-state index in [0.717, 1.165) is 22.3 Å². The molecule has 0 bridgehead atoms. The Bertz CT molecular complexity index is 684. The molecule has 0 unspecified atom stereocenters. The number of aryl methyl sites for hydroxylation is 1. The van der Waals surface area contributed by atoms with E-state index in [1.165, 1.54) is 10.9 Å². The van der Waals surface area contributed by atoms with Crippen molar-refractivity contribution >= 4 is 10.9 Å². The zero-order valence-corrected chi connectivity index (χ0v) is 10.3. The molecule has 0 fully saturated rings. The van der Waals surface area contributed by atoms with Crippen LogP contribution in [0.4, 0.5) is 0 Å². The standard InChI is InChI=1S/C15H15N3/c1-10-13-7-11(8-16)4-5-14(13)18-15(10)12-3-2-6-17-9-12/h2-7,9,18H,8,16H2,1H3. The van der Waals surface area contributed by atoms with Gasteiger partial charge in [0, 0.05) is 35.4 Å². The molecule has 3 aromatic rings. The summed E-state index contributed by atoms with van der Waals surface area (Å²) in [5.74, 6) is 0. The van der Waals surface area contributed by atoms with Gasteiger partial charge in [-0.3, -0.25) is 4.98 Å². The van der Waals surface area contributed by atoms with Crippen molar-refractivity contribution in [2.45, 2.75) is 13.5 Å². The monoisotopic (exact) mass is 237 g/mol. The smallest absolute Gasteiger partial charge is 0.0510 e. The summed E-state index contributed by atoms with van der Waals surface area (Å²) in [6.45, 7) is 2.70. The van der Waals surface area contributed by atoms with Crippen molar-refractivity contribution in [1.82, 2.24) is 9.97 Å². The number of H-pyrrole nitrogens is 1. The van der Waals surface area contributed by atoms with Gasteiger partial charge in [0.05, 0.1) is 5.69 Å². The lowest BCUT2D eigenvalue weighted by Crippen LogP contribution is -1.95. The fourth-order valence-electron chi connectivity index (χ4n) is 2.30. The molecule has 0 aliphatic carbocycles. The molecular formula is C15H15N3. The Kier molecular flexibility index (Phi) is 2.61. The minimum absolute atomic E-state index is 0.572. The van der Waals surface area contributed by atoms with Gasteiger partial charge in [-0.05, 0) is 42.3 Å². The van der Waals surface area contributed by atoms with Crippen molar-refractivity contribution in [2.24, 2.45) is 5.73 Å². The normalized spacial score (nSPS) is 11.0. The molecule has 0 radical (unpaired) electrons. The highest BCUT2D eigenvalue weighted by Gasteiger charge is 2.09. The maximum atomic E-state index is 5.69. The molecule has 0 aliphatic heterocycles. The number of nitrogens with one attached hydrogen (secondary N) is 1. The average Bonchev–Trinajstić information content (AvgIpc) is 2.77. The quantitative estimate of drug-likeness (QED) is 0.720. The van der Waals surface area contributed by atoms with E-state index in [0.29, 0.717) is 6.54 Å². The Morgan fingerprint density at radius 3 is 2.89 bits per heavy atom. The molecule has 2 heterocycles. The van der Waals surface area contributed by atoms with Crippen molar-refractivity contribution in [3.8, 4) is 11.3 Å². The molecule has 18 heavy (non-hydrogen) atoms. The number of hydrogen-bond donors (Lipinski definition) is 2. The SMILES string of the molecule is Cc1c(-c2cccnc2)[nH]c2ccc(CN)cc12. The van der Waals surface area contributed by atoms with Crippen LogP contribution in [-0.2, 0) is 6.54 Å². The van der Waals surface area contributed by atoms with Crippen LogP contribution in [0.15, 0.2) is 42.7 Å². The first-order valence-corrected chi connectivity index (χ1v) is 6.01. The second-order valence-corrected chi connectivity index (χ2v) is 4.45. The van der Waals surface area contributed by atoms with Crippen LogP contribution < -0.4 is 5.73 Å². The summed E-state index contributed by atoms with van der Waals surface area (Å²) in [6, 6.07) is 10.3. The molecular weight excluding hydrogens is 222 g/mol. The summed E-state index contributed by atoms with van der Waals surface area (Å²) in [5, 5.41) is 1.23. The molecule has 0 aliphatic rings. The van der Waals surface area contributed by atoms with E-state index in [4.69, 9.17) is 5.73 Å². The van der Waals surface area contributed by atoms with Gasteiger partial charge in [-0.15, -0.1) is 0 Å². The van der Waals surface area contributed by atoms with E-state index in [2.05, 4.69) is 41.2 Å².